The van der Waals surface area contributed by atoms with Crippen LogP contribution in [0.15, 0.2) is 41.4 Å². The van der Waals surface area contributed by atoms with Crippen LogP contribution in [0.4, 0.5) is 5.82 Å². The van der Waals surface area contributed by atoms with Gasteiger partial charge in [0.1, 0.15) is 0 Å². The molecule has 0 aliphatic rings. The van der Waals surface area contributed by atoms with Crippen LogP contribution in [-0.4, -0.2) is 21.0 Å². The van der Waals surface area contributed by atoms with Crippen molar-refractivity contribution in [3.8, 4) is 0 Å². The molecule has 1 aromatic heterocycles. The zero-order valence-electron chi connectivity index (χ0n) is 14.1. The lowest BCUT2D eigenvalue weighted by Crippen LogP contribution is -2.24. The van der Waals surface area contributed by atoms with Gasteiger partial charge in [0, 0.05) is 17.2 Å². The molecule has 0 radical (unpaired) electrons. The van der Waals surface area contributed by atoms with Crippen LogP contribution in [0.3, 0.4) is 0 Å². The van der Waals surface area contributed by atoms with Gasteiger partial charge in [-0.05, 0) is 24.7 Å². The Morgan fingerprint density at radius 1 is 1.30 bits per heavy atom. The molecule has 0 aliphatic heterocycles. The summed E-state index contributed by atoms with van der Waals surface area (Å²) in [5, 5.41) is 6.88. The Kier molecular flexibility index (Phi) is 5.83. The quantitative estimate of drug-likeness (QED) is 0.578. The number of aliphatic imine (C=N–C) groups is 1. The van der Waals surface area contributed by atoms with Gasteiger partial charge >= 0.3 is 0 Å². The van der Waals surface area contributed by atoms with E-state index in [1.165, 1.54) is 5.56 Å². The maximum Gasteiger partial charge on any atom is 0.184 e. The number of isothiocyanates is 1. The molecule has 0 N–H and O–H groups in total. The van der Waals surface area contributed by atoms with Crippen LogP contribution in [0, 0.1) is 0 Å². The van der Waals surface area contributed by atoms with E-state index in [0.29, 0.717) is 19.0 Å². The fourth-order valence-corrected chi connectivity index (χ4v) is 2.45. The van der Waals surface area contributed by atoms with Crippen LogP contribution in [0.25, 0.3) is 0 Å². The highest BCUT2D eigenvalue weighted by Gasteiger charge is 2.22. The summed E-state index contributed by atoms with van der Waals surface area (Å²) in [4.78, 5) is 3.99. The molecule has 0 saturated heterocycles. The van der Waals surface area contributed by atoms with Gasteiger partial charge in [-0.3, -0.25) is 4.68 Å². The van der Waals surface area contributed by atoms with Crippen LogP contribution in [0.2, 0.25) is 0 Å². The van der Waals surface area contributed by atoms with Crippen molar-refractivity contribution in [2.75, 3.05) is 0 Å². The standard InChI is InChI=1S/C18H23N3OS/c1-14(22-12-15-8-6-5-7-9-15)11-21-16(18(2,3)4)10-17(20-21)19-13-23/h5-10,14H,11-12H2,1-4H3. The lowest BCUT2D eigenvalue weighted by Gasteiger charge is -2.22. The number of nitrogens with zero attached hydrogens (tertiary/aromatic N) is 3. The number of aromatic nitrogens is 2. The monoisotopic (exact) mass is 329 g/mol. The summed E-state index contributed by atoms with van der Waals surface area (Å²) in [6.45, 7) is 9.79. The normalized spacial score (nSPS) is 12.7. The van der Waals surface area contributed by atoms with E-state index in [2.05, 4.69) is 67.3 Å². The highest BCUT2D eigenvalue weighted by molar-refractivity contribution is 7.78. The second kappa shape index (κ2) is 7.64. The van der Waals surface area contributed by atoms with Crippen molar-refractivity contribution < 1.29 is 4.74 Å². The van der Waals surface area contributed by atoms with Gasteiger partial charge in [-0.2, -0.15) is 10.1 Å². The van der Waals surface area contributed by atoms with Gasteiger partial charge in [-0.25, -0.2) is 0 Å². The van der Waals surface area contributed by atoms with Crippen molar-refractivity contribution in [1.82, 2.24) is 9.78 Å². The van der Waals surface area contributed by atoms with E-state index < -0.39 is 0 Å². The van der Waals surface area contributed by atoms with Crippen molar-refractivity contribution in [2.24, 2.45) is 4.99 Å². The summed E-state index contributed by atoms with van der Waals surface area (Å²) >= 11 is 4.67. The SMILES string of the molecule is CC(Cn1nc(N=C=S)cc1C(C)(C)C)OCc1ccccc1. The smallest absolute Gasteiger partial charge is 0.184 e. The number of ether oxygens (including phenoxy) is 1. The predicted octanol–water partition coefficient (Wildman–Crippen LogP) is 4.52. The molecule has 0 saturated carbocycles. The van der Waals surface area contributed by atoms with E-state index in [9.17, 15) is 0 Å². The lowest BCUT2D eigenvalue weighted by atomic mass is 9.92. The minimum atomic E-state index is -0.0264. The summed E-state index contributed by atoms with van der Waals surface area (Å²) in [7, 11) is 0. The third kappa shape index (κ3) is 5.10. The van der Waals surface area contributed by atoms with Gasteiger partial charge in [0.25, 0.3) is 0 Å². The van der Waals surface area contributed by atoms with Gasteiger partial charge in [-0.15, -0.1) is 0 Å². The van der Waals surface area contributed by atoms with Crippen LogP contribution < -0.4 is 0 Å². The zero-order valence-corrected chi connectivity index (χ0v) is 14.9. The number of rotatable bonds is 6. The van der Waals surface area contributed by atoms with E-state index in [1.54, 1.807) is 0 Å². The molecule has 4 nitrogen and oxygen atoms in total. The zero-order chi connectivity index (χ0) is 16.9. The van der Waals surface area contributed by atoms with E-state index in [4.69, 9.17) is 4.74 Å². The second-order valence-corrected chi connectivity index (χ2v) is 6.81. The third-order valence-corrected chi connectivity index (χ3v) is 3.59. The molecule has 0 fully saturated rings. The first-order valence-electron chi connectivity index (χ1n) is 7.72. The molecular formula is C18H23N3OS. The Morgan fingerprint density at radius 3 is 2.61 bits per heavy atom. The van der Waals surface area contributed by atoms with Gasteiger partial charge < -0.3 is 4.74 Å². The Bertz CT molecular complexity index is 682. The molecular weight excluding hydrogens is 306 g/mol. The van der Waals surface area contributed by atoms with Crippen LogP contribution >= 0.6 is 12.2 Å². The number of hydrogen-bond donors (Lipinski definition) is 0. The average molecular weight is 329 g/mol. The van der Waals surface area contributed by atoms with E-state index >= 15 is 0 Å². The van der Waals surface area contributed by atoms with Gasteiger partial charge in [-0.1, -0.05) is 51.1 Å². The summed E-state index contributed by atoms with van der Waals surface area (Å²) in [6, 6.07) is 12.1. The lowest BCUT2D eigenvalue weighted by molar-refractivity contribution is 0.0386. The van der Waals surface area contributed by atoms with E-state index in [-0.39, 0.29) is 11.5 Å². The Labute approximate surface area is 143 Å². The van der Waals surface area contributed by atoms with Gasteiger partial charge in [0.15, 0.2) is 5.82 Å². The summed E-state index contributed by atoms with van der Waals surface area (Å²) in [6.07, 6.45) is 0.0421. The molecule has 0 aliphatic carbocycles. The molecule has 1 unspecified atom stereocenters. The summed E-state index contributed by atoms with van der Waals surface area (Å²) in [5.74, 6) is 0.597. The maximum atomic E-state index is 5.94. The first-order valence-corrected chi connectivity index (χ1v) is 8.12. The first-order chi connectivity index (χ1) is 10.9. The number of hydrogen-bond acceptors (Lipinski definition) is 4. The molecule has 0 bridgehead atoms. The molecule has 0 spiro atoms. The maximum absolute atomic E-state index is 5.94. The molecule has 1 aromatic carbocycles. The number of benzene rings is 1. The van der Waals surface area contributed by atoms with Crippen molar-refractivity contribution in [2.45, 2.75) is 52.4 Å². The molecule has 1 atom stereocenters. The number of thiocarbonyl (C=S) groups is 1. The highest BCUT2D eigenvalue weighted by Crippen LogP contribution is 2.26. The van der Waals surface area contributed by atoms with Crippen molar-refractivity contribution in [1.29, 1.82) is 0 Å². The van der Waals surface area contributed by atoms with Crippen LogP contribution in [-0.2, 0) is 23.3 Å². The third-order valence-electron chi connectivity index (χ3n) is 3.50. The van der Waals surface area contributed by atoms with Crippen LogP contribution in [0.5, 0.6) is 0 Å². The van der Waals surface area contributed by atoms with Gasteiger partial charge in [0.2, 0.25) is 0 Å². The second-order valence-electron chi connectivity index (χ2n) is 6.63. The molecule has 0 amide bonds. The molecule has 122 valence electrons. The minimum absolute atomic E-state index is 0.0264. The Morgan fingerprint density at radius 2 is 2.00 bits per heavy atom. The fourth-order valence-electron chi connectivity index (χ4n) is 2.36. The molecule has 23 heavy (non-hydrogen) atoms. The topological polar surface area (TPSA) is 39.4 Å². The minimum Gasteiger partial charge on any atom is -0.372 e. The van der Waals surface area contributed by atoms with Gasteiger partial charge in [0.05, 0.1) is 24.4 Å². The Balaban J connectivity index is 2.07. The van der Waals surface area contributed by atoms with Crippen molar-refractivity contribution >= 4 is 23.2 Å². The Hall–Kier alpha value is -1.81. The largest absolute Gasteiger partial charge is 0.372 e. The molecule has 2 rings (SSSR count). The molecule has 1 heterocycles. The highest BCUT2D eigenvalue weighted by atomic mass is 32.1. The van der Waals surface area contributed by atoms with Crippen molar-refractivity contribution in [3.05, 3.63) is 47.7 Å². The average Bonchev–Trinajstić information content (AvgIpc) is 2.89. The summed E-state index contributed by atoms with van der Waals surface area (Å²) in [5.41, 5.74) is 2.25. The van der Waals surface area contributed by atoms with E-state index in [1.807, 2.05) is 28.9 Å². The summed E-state index contributed by atoms with van der Waals surface area (Å²) < 4.78 is 7.90. The molecule has 2 aromatic rings. The van der Waals surface area contributed by atoms with E-state index in [0.717, 1.165) is 5.69 Å². The van der Waals surface area contributed by atoms with Crippen LogP contribution in [0.1, 0.15) is 39.0 Å². The fraction of sp³-hybridized carbons (Fsp3) is 0.444. The predicted molar refractivity (Wildman–Crippen MR) is 96.3 cm³/mol. The molecule has 5 heteroatoms. The van der Waals surface area contributed by atoms with Crippen molar-refractivity contribution in [3.63, 3.8) is 0 Å². The first kappa shape index (κ1) is 17.5.